The monoisotopic (exact) mass is 245 g/mol. The van der Waals surface area contributed by atoms with Crippen LogP contribution in [0.5, 0.6) is 0 Å². The van der Waals surface area contributed by atoms with Crippen molar-refractivity contribution in [3.05, 3.63) is 34.9 Å². The third-order valence-corrected chi connectivity index (χ3v) is 4.45. The van der Waals surface area contributed by atoms with E-state index >= 15 is 0 Å². The van der Waals surface area contributed by atoms with Crippen molar-refractivity contribution >= 4 is 0 Å². The van der Waals surface area contributed by atoms with E-state index in [0.29, 0.717) is 0 Å². The Balaban J connectivity index is 2.46. The zero-order valence-corrected chi connectivity index (χ0v) is 12.8. The van der Waals surface area contributed by atoms with E-state index in [4.69, 9.17) is 0 Å². The predicted octanol–water partition coefficient (Wildman–Crippen LogP) is 4.10. The lowest BCUT2D eigenvalue weighted by Crippen LogP contribution is -2.46. The highest BCUT2D eigenvalue weighted by atomic mass is 15.2. The van der Waals surface area contributed by atoms with Crippen molar-refractivity contribution in [3.63, 3.8) is 0 Å². The van der Waals surface area contributed by atoms with Gasteiger partial charge in [0.05, 0.1) is 0 Å². The Kier molecular flexibility index (Phi) is 3.31. The van der Waals surface area contributed by atoms with Crippen LogP contribution in [0.2, 0.25) is 0 Å². The highest BCUT2D eigenvalue weighted by molar-refractivity contribution is 5.40. The molecule has 0 N–H and O–H groups in total. The van der Waals surface area contributed by atoms with E-state index in [2.05, 4.69) is 64.6 Å². The summed E-state index contributed by atoms with van der Waals surface area (Å²) in [6, 6.07) is 7.11. The van der Waals surface area contributed by atoms with E-state index in [-0.39, 0.29) is 11.0 Å². The fraction of sp³-hybridized carbons (Fsp3) is 0.647. The first-order valence-electron chi connectivity index (χ1n) is 7.15. The van der Waals surface area contributed by atoms with Crippen LogP contribution in [0.25, 0.3) is 0 Å². The van der Waals surface area contributed by atoms with Crippen molar-refractivity contribution in [2.45, 2.75) is 58.9 Å². The SMILES string of the molecule is CCN1CCc2cc(C(C)(C)C)ccc2C1(C)C. The van der Waals surface area contributed by atoms with Gasteiger partial charge in [0.25, 0.3) is 0 Å². The third-order valence-electron chi connectivity index (χ3n) is 4.45. The topological polar surface area (TPSA) is 3.24 Å². The summed E-state index contributed by atoms with van der Waals surface area (Å²) in [4.78, 5) is 2.58. The lowest BCUT2D eigenvalue weighted by Gasteiger charge is -2.44. The van der Waals surface area contributed by atoms with Gasteiger partial charge in [-0.05, 0) is 48.9 Å². The highest BCUT2D eigenvalue weighted by Crippen LogP contribution is 2.36. The quantitative estimate of drug-likeness (QED) is 0.720. The molecule has 0 spiro atoms. The Bertz CT molecular complexity index is 437. The maximum absolute atomic E-state index is 2.58. The standard InChI is InChI=1S/C17H27N/c1-7-18-11-10-13-12-14(16(2,3)4)8-9-15(13)17(18,5)6/h8-9,12H,7,10-11H2,1-6H3. The average Bonchev–Trinajstić information content (AvgIpc) is 2.27. The molecule has 0 saturated carbocycles. The van der Waals surface area contributed by atoms with Crippen LogP contribution in [0.4, 0.5) is 0 Å². The molecule has 2 rings (SSSR count). The molecule has 18 heavy (non-hydrogen) atoms. The van der Waals surface area contributed by atoms with Gasteiger partial charge >= 0.3 is 0 Å². The molecule has 0 bridgehead atoms. The van der Waals surface area contributed by atoms with Crippen molar-refractivity contribution in [2.24, 2.45) is 0 Å². The van der Waals surface area contributed by atoms with Gasteiger partial charge in [0.1, 0.15) is 0 Å². The molecule has 1 heterocycles. The number of fused-ring (bicyclic) bond motifs is 1. The molecule has 0 aromatic heterocycles. The van der Waals surface area contributed by atoms with E-state index in [9.17, 15) is 0 Å². The zero-order valence-electron chi connectivity index (χ0n) is 12.8. The van der Waals surface area contributed by atoms with Gasteiger partial charge in [-0.2, -0.15) is 0 Å². The summed E-state index contributed by atoms with van der Waals surface area (Å²) in [7, 11) is 0. The Hall–Kier alpha value is -0.820. The average molecular weight is 245 g/mol. The molecular formula is C17H27N. The summed E-state index contributed by atoms with van der Waals surface area (Å²) in [5.41, 5.74) is 4.96. The van der Waals surface area contributed by atoms with E-state index in [1.54, 1.807) is 5.56 Å². The van der Waals surface area contributed by atoms with Crippen LogP contribution >= 0.6 is 0 Å². The minimum absolute atomic E-state index is 0.179. The fourth-order valence-electron chi connectivity index (χ4n) is 3.12. The Morgan fingerprint density at radius 2 is 1.89 bits per heavy atom. The number of nitrogens with zero attached hydrogens (tertiary/aromatic N) is 1. The van der Waals surface area contributed by atoms with Crippen LogP contribution in [-0.4, -0.2) is 18.0 Å². The predicted molar refractivity (Wildman–Crippen MR) is 79.1 cm³/mol. The van der Waals surface area contributed by atoms with Crippen LogP contribution in [0.15, 0.2) is 18.2 Å². The maximum atomic E-state index is 2.58. The lowest BCUT2D eigenvalue weighted by atomic mass is 9.79. The van der Waals surface area contributed by atoms with Crippen molar-refractivity contribution in [1.82, 2.24) is 4.90 Å². The molecular weight excluding hydrogens is 218 g/mol. The van der Waals surface area contributed by atoms with Crippen molar-refractivity contribution in [2.75, 3.05) is 13.1 Å². The molecule has 0 amide bonds. The summed E-state index contributed by atoms with van der Waals surface area (Å²) in [6.07, 6.45) is 1.19. The number of rotatable bonds is 1. The van der Waals surface area contributed by atoms with Gasteiger partial charge in [0.2, 0.25) is 0 Å². The minimum Gasteiger partial charge on any atom is -0.294 e. The molecule has 1 aromatic carbocycles. The molecule has 1 nitrogen and oxygen atoms in total. The second kappa shape index (κ2) is 4.38. The van der Waals surface area contributed by atoms with E-state index < -0.39 is 0 Å². The van der Waals surface area contributed by atoms with Crippen LogP contribution in [0.1, 0.15) is 58.2 Å². The first kappa shape index (κ1) is 13.6. The summed E-state index contributed by atoms with van der Waals surface area (Å²) in [6.45, 7) is 16.2. The fourth-order valence-corrected chi connectivity index (χ4v) is 3.12. The molecule has 0 fully saturated rings. The van der Waals surface area contributed by atoms with Gasteiger partial charge in [-0.3, -0.25) is 4.90 Å². The molecule has 1 aliphatic rings. The van der Waals surface area contributed by atoms with Crippen LogP contribution in [-0.2, 0) is 17.4 Å². The van der Waals surface area contributed by atoms with Crippen molar-refractivity contribution in [3.8, 4) is 0 Å². The Morgan fingerprint density at radius 3 is 2.44 bits per heavy atom. The van der Waals surface area contributed by atoms with Gasteiger partial charge in [0, 0.05) is 12.1 Å². The van der Waals surface area contributed by atoms with E-state index in [1.807, 2.05) is 0 Å². The molecule has 1 aromatic rings. The zero-order chi connectivity index (χ0) is 13.6. The normalized spacial score (nSPS) is 19.7. The van der Waals surface area contributed by atoms with Gasteiger partial charge in [-0.15, -0.1) is 0 Å². The highest BCUT2D eigenvalue weighted by Gasteiger charge is 2.33. The summed E-state index contributed by atoms with van der Waals surface area (Å²) in [5.74, 6) is 0. The first-order valence-corrected chi connectivity index (χ1v) is 7.15. The molecule has 0 radical (unpaired) electrons. The molecule has 100 valence electrons. The smallest absolute Gasteiger partial charge is 0.0407 e. The van der Waals surface area contributed by atoms with E-state index in [0.717, 1.165) is 6.54 Å². The van der Waals surface area contributed by atoms with Crippen LogP contribution in [0, 0.1) is 0 Å². The lowest BCUT2D eigenvalue weighted by molar-refractivity contribution is 0.114. The number of likely N-dealkylation sites (N-methyl/N-ethyl adjacent to an activating group) is 1. The maximum Gasteiger partial charge on any atom is 0.0407 e. The number of hydrogen-bond donors (Lipinski definition) is 0. The van der Waals surface area contributed by atoms with Gasteiger partial charge < -0.3 is 0 Å². The second-order valence-electron chi connectivity index (χ2n) is 7.01. The third kappa shape index (κ3) is 2.21. The molecule has 1 aliphatic heterocycles. The largest absolute Gasteiger partial charge is 0.294 e. The Labute approximate surface area is 112 Å². The Morgan fingerprint density at radius 1 is 1.22 bits per heavy atom. The van der Waals surface area contributed by atoms with Crippen molar-refractivity contribution in [1.29, 1.82) is 0 Å². The van der Waals surface area contributed by atoms with Gasteiger partial charge in [-0.25, -0.2) is 0 Å². The number of benzene rings is 1. The summed E-state index contributed by atoms with van der Waals surface area (Å²) < 4.78 is 0. The molecule has 1 heteroatoms. The van der Waals surface area contributed by atoms with Crippen molar-refractivity contribution < 1.29 is 0 Å². The first-order chi connectivity index (χ1) is 8.26. The summed E-state index contributed by atoms with van der Waals surface area (Å²) >= 11 is 0. The number of hydrogen-bond acceptors (Lipinski definition) is 1. The van der Waals surface area contributed by atoms with Crippen LogP contribution in [0.3, 0.4) is 0 Å². The molecule has 0 unspecified atom stereocenters. The second-order valence-corrected chi connectivity index (χ2v) is 7.01. The molecule has 0 aliphatic carbocycles. The van der Waals surface area contributed by atoms with Gasteiger partial charge in [-0.1, -0.05) is 45.9 Å². The molecule has 0 atom stereocenters. The van der Waals surface area contributed by atoms with Crippen LogP contribution < -0.4 is 0 Å². The summed E-state index contributed by atoms with van der Waals surface area (Å²) in [5, 5.41) is 0. The molecule has 0 saturated heterocycles. The van der Waals surface area contributed by atoms with Gasteiger partial charge in [0.15, 0.2) is 0 Å². The minimum atomic E-state index is 0.179. The van der Waals surface area contributed by atoms with E-state index in [1.165, 1.54) is 24.1 Å².